The number of nitrogens with zero attached hydrogens (tertiary/aromatic N) is 3. The number of methoxy groups -OCH3 is 1. The van der Waals surface area contributed by atoms with Gasteiger partial charge < -0.3 is 20.1 Å². The lowest BCUT2D eigenvalue weighted by molar-refractivity contribution is -0.270. The number of aromatic nitrogens is 3. The molecule has 0 aromatic carbocycles. The zero-order valence-electron chi connectivity index (χ0n) is 20.0. The number of fused-ring (bicyclic) bond motifs is 2. The number of likely N-dealkylation sites (tertiary alicyclic amines) is 1. The Bertz CT molecular complexity index is 1190. The Morgan fingerprint density at radius 2 is 1.97 bits per heavy atom. The summed E-state index contributed by atoms with van der Waals surface area (Å²) in [5.41, 5.74) is -2.11. The number of hydrogen-bond acceptors (Lipinski definition) is 6. The Hall–Kier alpha value is -3.22. The summed E-state index contributed by atoms with van der Waals surface area (Å²) in [6.45, 7) is 0.361. The molecule has 1 unspecified atom stereocenters. The van der Waals surface area contributed by atoms with Crippen LogP contribution in [-0.4, -0.2) is 74.5 Å². The largest absolute Gasteiger partial charge is 0.481 e. The van der Waals surface area contributed by atoms with Crippen LogP contribution >= 0.6 is 0 Å². The highest BCUT2D eigenvalue weighted by Crippen LogP contribution is 2.44. The predicted molar refractivity (Wildman–Crippen MR) is 121 cm³/mol. The summed E-state index contributed by atoms with van der Waals surface area (Å²) in [7, 11) is 1.41. The van der Waals surface area contributed by atoms with E-state index in [0.717, 1.165) is 6.20 Å². The minimum absolute atomic E-state index is 0.0542. The van der Waals surface area contributed by atoms with E-state index in [0.29, 0.717) is 25.1 Å². The second-order valence-corrected chi connectivity index (χ2v) is 10.1. The van der Waals surface area contributed by atoms with Crippen LogP contribution in [0.15, 0.2) is 18.3 Å². The smallest absolute Gasteiger partial charge is 0.417 e. The number of H-pyrrole nitrogens is 1. The molecule has 2 aliphatic carbocycles. The third kappa shape index (κ3) is 4.64. The Balaban J connectivity index is 1.17. The zero-order chi connectivity index (χ0) is 26.5. The number of carbonyl (C=O) groups excluding carboxylic acids is 2. The van der Waals surface area contributed by atoms with Crippen molar-refractivity contribution in [3.8, 4) is 17.1 Å². The molecule has 0 radical (unpaired) electrons. The SMILES string of the molecule is COc1cc(-c2cc(C(=O)N3C[C@H]4C[C@@H]3CC4C(=O)NC3CCC(O)(C(F)(F)F)CC3)n[nH]2)c(F)cn1. The van der Waals surface area contributed by atoms with Crippen LogP contribution in [-0.2, 0) is 4.79 Å². The van der Waals surface area contributed by atoms with E-state index in [1.54, 1.807) is 4.90 Å². The van der Waals surface area contributed by atoms with Crippen molar-refractivity contribution in [1.29, 1.82) is 0 Å². The van der Waals surface area contributed by atoms with Crippen LogP contribution in [0.1, 0.15) is 49.0 Å². The molecule has 2 saturated carbocycles. The van der Waals surface area contributed by atoms with Gasteiger partial charge in [0.2, 0.25) is 11.8 Å². The summed E-state index contributed by atoms with van der Waals surface area (Å²) in [5.74, 6) is -1.32. The molecule has 3 aliphatic rings. The van der Waals surface area contributed by atoms with Gasteiger partial charge in [-0.3, -0.25) is 14.7 Å². The molecule has 9 nitrogen and oxygen atoms in total. The number of nitrogens with one attached hydrogen (secondary N) is 2. The van der Waals surface area contributed by atoms with Gasteiger partial charge in [-0.05, 0) is 50.5 Å². The number of aliphatic hydroxyl groups is 1. The molecular formula is C24H27F4N5O4. The fraction of sp³-hybridized carbons (Fsp3) is 0.583. The standard InChI is InChI=1S/C24H27F4N5O4/c1-37-20-8-16(17(25)10-29-20)18-9-19(32-31-18)22(35)33-11-12-6-14(33)7-15(12)21(34)30-13-2-4-23(36,5-3-13)24(26,27)28/h8-10,12-15,36H,2-7,11H2,1H3,(H,30,34)(H,31,32)/t12-,13?,14-,15?,23?/m1/s1. The van der Waals surface area contributed by atoms with Crippen molar-refractivity contribution in [1.82, 2.24) is 25.4 Å². The van der Waals surface area contributed by atoms with Gasteiger partial charge in [0.25, 0.3) is 5.91 Å². The minimum Gasteiger partial charge on any atom is -0.481 e. The molecule has 2 aromatic rings. The summed E-state index contributed by atoms with van der Waals surface area (Å²) >= 11 is 0. The quantitative estimate of drug-likeness (QED) is 0.517. The lowest BCUT2D eigenvalue weighted by Gasteiger charge is -2.38. The van der Waals surface area contributed by atoms with Gasteiger partial charge in [0.1, 0.15) is 0 Å². The van der Waals surface area contributed by atoms with E-state index in [1.165, 1.54) is 19.2 Å². The van der Waals surface area contributed by atoms with Gasteiger partial charge in [0.05, 0.1) is 19.0 Å². The summed E-state index contributed by atoms with van der Waals surface area (Å²) in [6.07, 6.45) is -3.34. The highest BCUT2D eigenvalue weighted by atomic mass is 19.4. The molecule has 2 bridgehead atoms. The first-order chi connectivity index (χ1) is 17.5. The molecule has 13 heteroatoms. The van der Waals surface area contributed by atoms with Crippen molar-refractivity contribution in [3.05, 3.63) is 29.8 Å². The number of hydrogen-bond donors (Lipinski definition) is 3. The Morgan fingerprint density at radius 3 is 2.59 bits per heavy atom. The van der Waals surface area contributed by atoms with Crippen molar-refractivity contribution in [3.63, 3.8) is 0 Å². The molecule has 3 N–H and O–H groups in total. The molecular weight excluding hydrogens is 498 g/mol. The fourth-order valence-electron chi connectivity index (χ4n) is 5.81. The molecule has 1 aliphatic heterocycles. The molecule has 2 amide bonds. The van der Waals surface area contributed by atoms with Crippen LogP contribution in [0.25, 0.3) is 11.3 Å². The van der Waals surface area contributed by atoms with Gasteiger partial charge in [-0.1, -0.05) is 0 Å². The molecule has 37 heavy (non-hydrogen) atoms. The first-order valence-electron chi connectivity index (χ1n) is 12.1. The molecule has 3 fully saturated rings. The van der Waals surface area contributed by atoms with E-state index in [4.69, 9.17) is 4.74 Å². The second-order valence-electron chi connectivity index (χ2n) is 10.1. The lowest BCUT2D eigenvalue weighted by Crippen LogP contribution is -2.52. The summed E-state index contributed by atoms with van der Waals surface area (Å²) < 4.78 is 58.3. The number of carbonyl (C=O) groups is 2. The summed E-state index contributed by atoms with van der Waals surface area (Å²) in [4.78, 5) is 31.5. The second kappa shape index (κ2) is 9.26. The number of halogens is 4. The van der Waals surface area contributed by atoms with E-state index in [1.807, 2.05) is 0 Å². The Kier molecular flexibility index (Phi) is 6.37. The van der Waals surface area contributed by atoms with E-state index in [9.17, 15) is 32.3 Å². The van der Waals surface area contributed by atoms with E-state index in [2.05, 4.69) is 20.5 Å². The van der Waals surface area contributed by atoms with Crippen molar-refractivity contribution in [2.45, 2.75) is 62.4 Å². The molecule has 200 valence electrons. The first-order valence-corrected chi connectivity index (χ1v) is 12.1. The van der Waals surface area contributed by atoms with Gasteiger partial charge >= 0.3 is 6.18 Å². The van der Waals surface area contributed by atoms with Crippen LogP contribution in [0, 0.1) is 17.7 Å². The Morgan fingerprint density at radius 1 is 1.24 bits per heavy atom. The number of aromatic amines is 1. The van der Waals surface area contributed by atoms with Gasteiger partial charge in [0.15, 0.2) is 17.1 Å². The molecule has 2 aromatic heterocycles. The average molecular weight is 526 g/mol. The Labute approximate surface area is 209 Å². The van der Waals surface area contributed by atoms with Crippen LogP contribution in [0.2, 0.25) is 0 Å². The van der Waals surface area contributed by atoms with Gasteiger partial charge in [-0.2, -0.15) is 18.3 Å². The fourth-order valence-corrected chi connectivity index (χ4v) is 5.81. The van der Waals surface area contributed by atoms with Gasteiger partial charge in [-0.25, -0.2) is 9.37 Å². The van der Waals surface area contributed by atoms with Crippen LogP contribution < -0.4 is 10.1 Å². The van der Waals surface area contributed by atoms with E-state index >= 15 is 0 Å². The normalized spacial score (nSPS) is 29.4. The predicted octanol–water partition coefficient (Wildman–Crippen LogP) is 2.82. The topological polar surface area (TPSA) is 120 Å². The number of piperidine rings is 1. The number of pyridine rings is 1. The van der Waals surface area contributed by atoms with Gasteiger partial charge in [0, 0.05) is 36.2 Å². The van der Waals surface area contributed by atoms with E-state index in [-0.39, 0.29) is 59.7 Å². The molecule has 1 saturated heterocycles. The third-order valence-corrected chi connectivity index (χ3v) is 7.95. The molecule has 5 rings (SSSR count). The summed E-state index contributed by atoms with van der Waals surface area (Å²) in [5, 5.41) is 19.4. The molecule has 0 spiro atoms. The van der Waals surface area contributed by atoms with Crippen LogP contribution in [0.5, 0.6) is 5.88 Å². The van der Waals surface area contributed by atoms with Crippen molar-refractivity contribution >= 4 is 11.8 Å². The molecule has 3 atom stereocenters. The number of rotatable bonds is 5. The number of alkyl halides is 3. The number of ether oxygens (including phenoxy) is 1. The highest BCUT2D eigenvalue weighted by molar-refractivity contribution is 5.94. The maximum atomic E-state index is 14.2. The minimum atomic E-state index is -4.68. The lowest BCUT2D eigenvalue weighted by atomic mass is 9.81. The van der Waals surface area contributed by atoms with Crippen molar-refractivity contribution < 1.29 is 37.0 Å². The number of amides is 2. The highest BCUT2D eigenvalue weighted by Gasteiger charge is 2.55. The third-order valence-electron chi connectivity index (χ3n) is 7.95. The average Bonchev–Trinajstić information content (AvgIpc) is 3.61. The maximum Gasteiger partial charge on any atom is 0.417 e. The van der Waals surface area contributed by atoms with Gasteiger partial charge in [-0.15, -0.1) is 0 Å². The molecule has 3 heterocycles. The van der Waals surface area contributed by atoms with Crippen LogP contribution in [0.4, 0.5) is 17.6 Å². The van der Waals surface area contributed by atoms with Crippen molar-refractivity contribution in [2.75, 3.05) is 13.7 Å². The zero-order valence-corrected chi connectivity index (χ0v) is 20.0. The first kappa shape index (κ1) is 25.4. The summed E-state index contributed by atoms with van der Waals surface area (Å²) in [6, 6.07) is 2.28. The monoisotopic (exact) mass is 525 g/mol. The maximum absolute atomic E-state index is 14.2. The van der Waals surface area contributed by atoms with Crippen LogP contribution in [0.3, 0.4) is 0 Å². The van der Waals surface area contributed by atoms with E-state index < -0.39 is 36.5 Å². The van der Waals surface area contributed by atoms with Crippen molar-refractivity contribution in [2.24, 2.45) is 11.8 Å².